The maximum absolute atomic E-state index is 12.9. The molecule has 4 heterocycles. The molecule has 10 nitrogen and oxygen atoms in total. The smallest absolute Gasteiger partial charge is 0.306 e. The standard InChI is InChI=1S/C29H32N2O8/c1-36-19-7-8-21(25(11-19)37-2)22(12-27(34)38-3)29-28(35)24(32)10-20(39-29)16-30-13-17-9-18(15-30)23-5-4-6-26(33)31(23)14-17/h4-8,10-11,17-18,22,35H,9,12-16H2,1-3H3/t17-,18-,22-/m0/s1. The van der Waals surface area contributed by atoms with Gasteiger partial charge in [-0.05, 0) is 24.5 Å². The van der Waals surface area contributed by atoms with Crippen LogP contribution in [0.1, 0.15) is 47.5 Å². The van der Waals surface area contributed by atoms with Crippen LogP contribution in [0.15, 0.2) is 56.5 Å². The predicted molar refractivity (Wildman–Crippen MR) is 141 cm³/mol. The summed E-state index contributed by atoms with van der Waals surface area (Å²) >= 11 is 0. The zero-order chi connectivity index (χ0) is 27.7. The number of carbonyl (C=O) groups is 1. The van der Waals surface area contributed by atoms with E-state index in [1.54, 1.807) is 30.3 Å². The minimum Gasteiger partial charge on any atom is -0.502 e. The molecule has 2 aromatic heterocycles. The van der Waals surface area contributed by atoms with Gasteiger partial charge in [-0.3, -0.25) is 19.3 Å². The summed E-state index contributed by atoms with van der Waals surface area (Å²) in [4.78, 5) is 39.9. The number of rotatable bonds is 8. The highest BCUT2D eigenvalue weighted by atomic mass is 16.5. The number of likely N-dealkylation sites (tertiary alicyclic amines) is 1. The van der Waals surface area contributed by atoms with Crippen LogP contribution >= 0.6 is 0 Å². The van der Waals surface area contributed by atoms with Gasteiger partial charge in [-0.2, -0.15) is 0 Å². The molecule has 1 saturated heterocycles. The van der Waals surface area contributed by atoms with Crippen LogP contribution < -0.4 is 20.5 Å². The van der Waals surface area contributed by atoms with Crippen molar-refractivity contribution in [2.24, 2.45) is 5.92 Å². The lowest BCUT2D eigenvalue weighted by Gasteiger charge is -2.42. The van der Waals surface area contributed by atoms with E-state index in [1.165, 1.54) is 27.4 Å². The Morgan fingerprint density at radius 1 is 1.08 bits per heavy atom. The topological polar surface area (TPSA) is 120 Å². The maximum atomic E-state index is 12.9. The van der Waals surface area contributed by atoms with Crippen molar-refractivity contribution >= 4 is 5.97 Å². The van der Waals surface area contributed by atoms with E-state index < -0.39 is 23.1 Å². The number of ether oxygens (including phenoxy) is 3. The van der Waals surface area contributed by atoms with E-state index in [0.29, 0.717) is 48.4 Å². The van der Waals surface area contributed by atoms with Crippen LogP contribution in [0.4, 0.5) is 0 Å². The molecular weight excluding hydrogens is 504 g/mol. The van der Waals surface area contributed by atoms with E-state index in [1.807, 2.05) is 10.6 Å². The molecule has 1 N–H and O–H groups in total. The van der Waals surface area contributed by atoms with Crippen LogP contribution in [0.2, 0.25) is 0 Å². The van der Waals surface area contributed by atoms with E-state index in [2.05, 4.69) is 4.90 Å². The summed E-state index contributed by atoms with van der Waals surface area (Å²) in [7, 11) is 4.29. The molecule has 0 saturated carbocycles. The first-order valence-corrected chi connectivity index (χ1v) is 12.9. The SMILES string of the molecule is COC(=O)C[C@@H](c1ccc(OC)cc1OC)c1oc(CN2C[C@@H]3C[C@@H](C2)c2cccc(=O)n2C3)cc(=O)c1O. The highest BCUT2D eigenvalue weighted by Gasteiger charge is 2.35. The van der Waals surface area contributed by atoms with Crippen LogP contribution in [-0.2, 0) is 22.6 Å². The third-order valence-corrected chi connectivity index (χ3v) is 7.67. The Labute approximate surface area is 225 Å². The number of aromatic hydroxyl groups is 1. The van der Waals surface area contributed by atoms with Gasteiger partial charge in [-0.15, -0.1) is 0 Å². The van der Waals surface area contributed by atoms with Crippen LogP contribution in [-0.4, -0.2) is 55.0 Å². The first-order chi connectivity index (χ1) is 18.8. The minimum absolute atomic E-state index is 0.0235. The van der Waals surface area contributed by atoms with Crippen molar-refractivity contribution < 1.29 is 28.5 Å². The average Bonchev–Trinajstić information content (AvgIpc) is 2.93. The summed E-state index contributed by atoms with van der Waals surface area (Å²) < 4.78 is 23.8. The van der Waals surface area contributed by atoms with Gasteiger partial charge in [0.2, 0.25) is 11.2 Å². The number of carbonyl (C=O) groups excluding carboxylic acids is 1. The van der Waals surface area contributed by atoms with Crippen LogP contribution in [0.3, 0.4) is 0 Å². The molecule has 39 heavy (non-hydrogen) atoms. The van der Waals surface area contributed by atoms with Gasteiger partial charge in [-0.1, -0.05) is 12.1 Å². The molecule has 3 atom stereocenters. The van der Waals surface area contributed by atoms with Gasteiger partial charge in [0.05, 0.1) is 40.2 Å². The molecule has 2 aliphatic heterocycles. The number of pyridine rings is 1. The van der Waals surface area contributed by atoms with Gasteiger partial charge in [0, 0.05) is 55.0 Å². The monoisotopic (exact) mass is 536 g/mol. The van der Waals surface area contributed by atoms with Gasteiger partial charge in [0.25, 0.3) is 5.56 Å². The van der Waals surface area contributed by atoms with E-state index >= 15 is 0 Å². The molecule has 0 aliphatic carbocycles. The summed E-state index contributed by atoms with van der Waals surface area (Å²) in [5.41, 5.74) is 0.994. The number of benzene rings is 1. The fourth-order valence-electron chi connectivity index (χ4n) is 5.91. The molecule has 0 unspecified atom stereocenters. The summed E-state index contributed by atoms with van der Waals surface area (Å²) in [6.45, 7) is 2.45. The molecule has 2 aliphatic rings. The molecule has 206 valence electrons. The second-order valence-corrected chi connectivity index (χ2v) is 10.1. The number of hydrogen-bond donors (Lipinski definition) is 1. The highest BCUT2D eigenvalue weighted by Crippen LogP contribution is 2.40. The number of esters is 1. The van der Waals surface area contributed by atoms with Crippen LogP contribution in [0.25, 0.3) is 0 Å². The van der Waals surface area contributed by atoms with Crippen molar-refractivity contribution in [3.05, 3.63) is 85.8 Å². The number of aromatic nitrogens is 1. The van der Waals surface area contributed by atoms with Gasteiger partial charge < -0.3 is 28.3 Å². The second-order valence-electron chi connectivity index (χ2n) is 10.1. The van der Waals surface area contributed by atoms with Crippen molar-refractivity contribution in [2.45, 2.75) is 37.8 Å². The fourth-order valence-corrected chi connectivity index (χ4v) is 5.91. The minimum atomic E-state index is -0.842. The normalized spacial score (nSPS) is 19.2. The summed E-state index contributed by atoms with van der Waals surface area (Å²) in [6.07, 6.45) is 0.821. The Hall–Kier alpha value is -4.05. The van der Waals surface area contributed by atoms with Gasteiger partial charge >= 0.3 is 5.97 Å². The molecule has 3 aromatic rings. The molecule has 0 spiro atoms. The first kappa shape index (κ1) is 26.6. The van der Waals surface area contributed by atoms with Gasteiger partial charge in [0.1, 0.15) is 17.3 Å². The Bertz CT molecular complexity index is 1490. The fraction of sp³-hybridized carbons (Fsp3) is 0.414. The number of nitrogens with zero attached hydrogens (tertiary/aromatic N) is 2. The number of piperidine rings is 1. The molecule has 5 rings (SSSR count). The maximum Gasteiger partial charge on any atom is 0.306 e. The summed E-state index contributed by atoms with van der Waals surface area (Å²) in [5, 5.41) is 10.8. The molecule has 2 bridgehead atoms. The van der Waals surface area contributed by atoms with E-state index in [0.717, 1.165) is 18.7 Å². The van der Waals surface area contributed by atoms with Crippen molar-refractivity contribution in [3.63, 3.8) is 0 Å². The Kier molecular flexibility index (Phi) is 7.47. The van der Waals surface area contributed by atoms with Gasteiger partial charge in [-0.25, -0.2) is 0 Å². The molecule has 0 radical (unpaired) electrons. The van der Waals surface area contributed by atoms with E-state index in [-0.39, 0.29) is 23.7 Å². The highest BCUT2D eigenvalue weighted by molar-refractivity contribution is 5.71. The van der Waals surface area contributed by atoms with Crippen molar-refractivity contribution in [2.75, 3.05) is 34.4 Å². The first-order valence-electron chi connectivity index (χ1n) is 12.9. The van der Waals surface area contributed by atoms with Crippen molar-refractivity contribution in [3.8, 4) is 17.2 Å². The zero-order valence-electron chi connectivity index (χ0n) is 22.2. The quantitative estimate of drug-likeness (QED) is 0.433. The van der Waals surface area contributed by atoms with E-state index in [4.69, 9.17) is 18.6 Å². The average molecular weight is 537 g/mol. The summed E-state index contributed by atoms with van der Waals surface area (Å²) in [6, 6.07) is 11.8. The van der Waals surface area contributed by atoms with Crippen LogP contribution in [0.5, 0.6) is 17.2 Å². The largest absolute Gasteiger partial charge is 0.502 e. The van der Waals surface area contributed by atoms with E-state index in [9.17, 15) is 19.5 Å². The number of hydrogen-bond acceptors (Lipinski definition) is 9. The summed E-state index contributed by atoms with van der Waals surface area (Å²) in [5.74, 6) is -0.135. The lowest BCUT2D eigenvalue weighted by molar-refractivity contribution is -0.140. The number of methoxy groups -OCH3 is 3. The molecule has 1 aromatic carbocycles. The third kappa shape index (κ3) is 5.29. The lowest BCUT2D eigenvalue weighted by Crippen LogP contribution is -2.46. The molecular formula is C29H32N2O8. The lowest BCUT2D eigenvalue weighted by atomic mass is 9.83. The second kappa shape index (κ2) is 11.0. The Morgan fingerprint density at radius 2 is 1.90 bits per heavy atom. The third-order valence-electron chi connectivity index (χ3n) is 7.67. The molecule has 0 amide bonds. The Morgan fingerprint density at radius 3 is 2.64 bits per heavy atom. The van der Waals surface area contributed by atoms with Gasteiger partial charge in [0.15, 0.2) is 5.76 Å². The Balaban J connectivity index is 1.48. The molecule has 10 heteroatoms. The van der Waals surface area contributed by atoms with Crippen molar-refractivity contribution in [1.29, 1.82) is 0 Å². The number of fused-ring (bicyclic) bond motifs is 4. The zero-order valence-corrected chi connectivity index (χ0v) is 22.2. The van der Waals surface area contributed by atoms with Crippen molar-refractivity contribution in [1.82, 2.24) is 9.47 Å². The molecule has 1 fully saturated rings. The predicted octanol–water partition coefficient (Wildman–Crippen LogP) is 2.84. The van der Waals surface area contributed by atoms with Crippen LogP contribution in [0, 0.1) is 5.92 Å².